The van der Waals surface area contributed by atoms with E-state index in [9.17, 15) is 9.59 Å². The minimum absolute atomic E-state index is 0.0626. The smallest absolute Gasteiger partial charge is 0.238 e. The number of rotatable bonds is 7. The van der Waals surface area contributed by atoms with Crippen molar-refractivity contribution >= 4 is 17.4 Å². The molecule has 19 heavy (non-hydrogen) atoms. The molecule has 0 fully saturated rings. The van der Waals surface area contributed by atoms with Gasteiger partial charge in [0.05, 0.1) is 12.2 Å². The highest BCUT2D eigenvalue weighted by Gasteiger charge is 2.11. The van der Waals surface area contributed by atoms with Crippen LogP contribution in [0.5, 0.6) is 0 Å². The van der Waals surface area contributed by atoms with Crippen molar-refractivity contribution < 1.29 is 9.59 Å². The van der Waals surface area contributed by atoms with Crippen molar-refractivity contribution in [2.45, 2.75) is 13.3 Å². The molecule has 1 aromatic rings. The zero-order chi connectivity index (χ0) is 14.3. The van der Waals surface area contributed by atoms with Gasteiger partial charge in [-0.2, -0.15) is 0 Å². The molecule has 0 spiro atoms. The van der Waals surface area contributed by atoms with Gasteiger partial charge in [-0.3, -0.25) is 14.5 Å². The highest BCUT2D eigenvalue weighted by molar-refractivity contribution is 6.04. The average molecular weight is 263 g/mol. The second kappa shape index (κ2) is 7.66. The Labute approximate surface area is 113 Å². The standard InChI is InChI=1S/C14H21N3O2/c1-11(18)12-6-3-4-7-13(12)16-14(19)10-17(2)9-5-8-15/h3-4,6-7H,5,8-10,15H2,1-2H3,(H,16,19). The highest BCUT2D eigenvalue weighted by atomic mass is 16.2. The predicted molar refractivity (Wildman–Crippen MR) is 76.2 cm³/mol. The van der Waals surface area contributed by atoms with Gasteiger partial charge < -0.3 is 11.1 Å². The Balaban J connectivity index is 2.60. The summed E-state index contributed by atoms with van der Waals surface area (Å²) in [6, 6.07) is 7.00. The molecule has 0 saturated carbocycles. The number of hydrogen-bond donors (Lipinski definition) is 2. The summed E-state index contributed by atoms with van der Waals surface area (Å²) in [5.41, 5.74) is 6.51. The number of benzene rings is 1. The molecule has 5 heteroatoms. The summed E-state index contributed by atoms with van der Waals surface area (Å²) in [5, 5.41) is 2.77. The van der Waals surface area contributed by atoms with E-state index in [0.29, 0.717) is 17.8 Å². The van der Waals surface area contributed by atoms with Crippen LogP contribution in [0, 0.1) is 0 Å². The van der Waals surface area contributed by atoms with Gasteiger partial charge in [-0.05, 0) is 45.6 Å². The van der Waals surface area contributed by atoms with Crippen LogP contribution in [0.25, 0.3) is 0 Å². The SMILES string of the molecule is CC(=O)c1ccccc1NC(=O)CN(C)CCCN. The number of anilines is 1. The van der Waals surface area contributed by atoms with Crippen LogP contribution >= 0.6 is 0 Å². The Hall–Kier alpha value is -1.72. The summed E-state index contributed by atoms with van der Waals surface area (Å²) in [5.74, 6) is -0.194. The van der Waals surface area contributed by atoms with Crippen molar-refractivity contribution in [1.82, 2.24) is 4.90 Å². The van der Waals surface area contributed by atoms with Gasteiger partial charge >= 0.3 is 0 Å². The van der Waals surface area contributed by atoms with Crippen LogP contribution < -0.4 is 11.1 Å². The third kappa shape index (κ3) is 5.19. The lowest BCUT2D eigenvalue weighted by Gasteiger charge is -2.16. The Morgan fingerprint density at radius 1 is 1.32 bits per heavy atom. The molecular formula is C14H21N3O2. The van der Waals surface area contributed by atoms with Gasteiger partial charge in [0.25, 0.3) is 0 Å². The van der Waals surface area contributed by atoms with Crippen LogP contribution in [0.3, 0.4) is 0 Å². The largest absolute Gasteiger partial charge is 0.330 e. The minimum Gasteiger partial charge on any atom is -0.330 e. The van der Waals surface area contributed by atoms with Crippen LogP contribution in [0.4, 0.5) is 5.69 Å². The van der Waals surface area contributed by atoms with Gasteiger partial charge in [-0.15, -0.1) is 0 Å². The molecule has 0 atom stereocenters. The first-order chi connectivity index (χ1) is 9.04. The molecule has 1 rings (SSSR count). The van der Waals surface area contributed by atoms with Crippen molar-refractivity contribution in [1.29, 1.82) is 0 Å². The molecule has 0 saturated heterocycles. The first kappa shape index (κ1) is 15.3. The normalized spacial score (nSPS) is 10.5. The molecule has 0 bridgehead atoms. The molecule has 3 N–H and O–H groups in total. The number of carbonyl (C=O) groups excluding carboxylic acids is 2. The molecule has 5 nitrogen and oxygen atoms in total. The molecule has 1 amide bonds. The van der Waals surface area contributed by atoms with E-state index in [1.54, 1.807) is 24.3 Å². The van der Waals surface area contributed by atoms with Gasteiger partial charge in [0.2, 0.25) is 5.91 Å². The van der Waals surface area contributed by atoms with Gasteiger partial charge in [-0.1, -0.05) is 12.1 Å². The number of nitrogens with zero attached hydrogens (tertiary/aromatic N) is 1. The molecule has 104 valence electrons. The van der Waals surface area contributed by atoms with Crippen molar-refractivity contribution in [3.05, 3.63) is 29.8 Å². The van der Waals surface area contributed by atoms with Gasteiger partial charge in [0.15, 0.2) is 5.78 Å². The van der Waals surface area contributed by atoms with Crippen molar-refractivity contribution in [2.24, 2.45) is 5.73 Å². The fraction of sp³-hybridized carbons (Fsp3) is 0.429. The van der Waals surface area contributed by atoms with Crippen molar-refractivity contribution in [2.75, 3.05) is 32.0 Å². The van der Waals surface area contributed by atoms with E-state index < -0.39 is 0 Å². The zero-order valence-corrected chi connectivity index (χ0v) is 11.5. The van der Waals surface area contributed by atoms with E-state index in [1.165, 1.54) is 6.92 Å². The first-order valence-corrected chi connectivity index (χ1v) is 6.33. The van der Waals surface area contributed by atoms with Crippen LogP contribution in [0.15, 0.2) is 24.3 Å². The van der Waals surface area contributed by atoms with Crippen LogP contribution in [0.1, 0.15) is 23.7 Å². The van der Waals surface area contributed by atoms with Gasteiger partial charge in [0.1, 0.15) is 0 Å². The molecule has 0 aliphatic rings. The number of Topliss-reactive ketones (excluding diaryl/α,β-unsaturated/α-hetero) is 1. The van der Waals surface area contributed by atoms with E-state index in [-0.39, 0.29) is 18.2 Å². The minimum atomic E-state index is -0.131. The number of likely N-dealkylation sites (N-methyl/N-ethyl adjacent to an activating group) is 1. The summed E-state index contributed by atoms with van der Waals surface area (Å²) in [6.45, 7) is 3.15. The second-order valence-electron chi connectivity index (χ2n) is 4.53. The topological polar surface area (TPSA) is 75.4 Å². The lowest BCUT2D eigenvalue weighted by molar-refractivity contribution is -0.117. The number of nitrogens with two attached hydrogens (primary N) is 1. The zero-order valence-electron chi connectivity index (χ0n) is 11.5. The van der Waals surface area contributed by atoms with E-state index in [1.807, 2.05) is 11.9 Å². The van der Waals surface area contributed by atoms with E-state index >= 15 is 0 Å². The van der Waals surface area contributed by atoms with Gasteiger partial charge in [-0.25, -0.2) is 0 Å². The molecular weight excluding hydrogens is 242 g/mol. The predicted octanol–water partition coefficient (Wildman–Crippen LogP) is 1.11. The monoisotopic (exact) mass is 263 g/mol. The van der Waals surface area contributed by atoms with Crippen molar-refractivity contribution in [3.63, 3.8) is 0 Å². The van der Waals surface area contributed by atoms with Crippen LogP contribution in [-0.2, 0) is 4.79 Å². The van der Waals surface area contributed by atoms with Crippen LogP contribution in [-0.4, -0.2) is 43.3 Å². The molecule has 0 heterocycles. The second-order valence-corrected chi connectivity index (χ2v) is 4.53. The maximum absolute atomic E-state index is 11.9. The van der Waals surface area contributed by atoms with E-state index in [2.05, 4.69) is 5.32 Å². The van der Waals surface area contributed by atoms with Crippen molar-refractivity contribution in [3.8, 4) is 0 Å². The highest BCUT2D eigenvalue weighted by Crippen LogP contribution is 2.15. The summed E-state index contributed by atoms with van der Waals surface area (Å²) < 4.78 is 0. The Kier molecular flexibility index (Phi) is 6.18. The summed E-state index contributed by atoms with van der Waals surface area (Å²) >= 11 is 0. The number of hydrogen-bond acceptors (Lipinski definition) is 4. The number of nitrogens with one attached hydrogen (secondary N) is 1. The maximum Gasteiger partial charge on any atom is 0.238 e. The fourth-order valence-corrected chi connectivity index (χ4v) is 1.77. The average Bonchev–Trinajstić information content (AvgIpc) is 2.36. The molecule has 0 radical (unpaired) electrons. The third-order valence-electron chi connectivity index (χ3n) is 2.74. The Bertz CT molecular complexity index is 446. The molecule has 0 unspecified atom stereocenters. The number of ketones is 1. The van der Waals surface area contributed by atoms with E-state index in [0.717, 1.165) is 13.0 Å². The quantitative estimate of drug-likeness (QED) is 0.723. The number of para-hydroxylation sites is 1. The molecule has 0 aliphatic carbocycles. The van der Waals surface area contributed by atoms with Crippen LogP contribution in [0.2, 0.25) is 0 Å². The maximum atomic E-state index is 11.9. The number of carbonyl (C=O) groups is 2. The lowest BCUT2D eigenvalue weighted by atomic mass is 10.1. The molecule has 0 aliphatic heterocycles. The summed E-state index contributed by atoms with van der Waals surface area (Å²) in [4.78, 5) is 25.2. The Morgan fingerprint density at radius 2 is 2.00 bits per heavy atom. The van der Waals surface area contributed by atoms with Gasteiger partial charge in [0, 0.05) is 5.56 Å². The first-order valence-electron chi connectivity index (χ1n) is 6.33. The van der Waals surface area contributed by atoms with E-state index in [4.69, 9.17) is 5.73 Å². The molecule has 0 aromatic heterocycles. The summed E-state index contributed by atoms with van der Waals surface area (Å²) in [6.07, 6.45) is 0.855. The molecule has 1 aromatic carbocycles. The Morgan fingerprint density at radius 3 is 2.63 bits per heavy atom. The number of amides is 1. The lowest BCUT2D eigenvalue weighted by Crippen LogP contribution is -2.32. The fourth-order valence-electron chi connectivity index (χ4n) is 1.77. The third-order valence-corrected chi connectivity index (χ3v) is 2.74. The summed E-state index contributed by atoms with van der Waals surface area (Å²) in [7, 11) is 1.87.